The van der Waals surface area contributed by atoms with Crippen LogP contribution in [0.25, 0.3) is 11.5 Å². The first-order valence-corrected chi connectivity index (χ1v) is 9.03. The van der Waals surface area contributed by atoms with Crippen LogP contribution in [0.1, 0.15) is 23.4 Å². The fraction of sp³-hybridized carbons (Fsp3) is 0.227. The van der Waals surface area contributed by atoms with E-state index in [9.17, 15) is 14.7 Å². The lowest BCUT2D eigenvalue weighted by molar-refractivity contribution is -0.143. The van der Waals surface area contributed by atoms with Crippen molar-refractivity contribution in [3.8, 4) is 11.5 Å². The van der Waals surface area contributed by atoms with E-state index in [1.807, 2.05) is 50.2 Å². The van der Waals surface area contributed by atoms with Gasteiger partial charge in [-0.15, -0.1) is 0 Å². The summed E-state index contributed by atoms with van der Waals surface area (Å²) < 4.78 is 5.62. The molecule has 3 rings (SSSR count). The van der Waals surface area contributed by atoms with Crippen LogP contribution in [0, 0.1) is 19.8 Å². The molecule has 0 radical (unpaired) electrons. The summed E-state index contributed by atoms with van der Waals surface area (Å²) in [6.07, 6.45) is 0.199. The van der Waals surface area contributed by atoms with Gasteiger partial charge < -0.3 is 14.8 Å². The first kappa shape index (κ1) is 19.4. The number of carboxylic acids is 1. The maximum atomic E-state index is 12.4. The molecule has 1 unspecified atom stereocenters. The normalized spacial score (nSPS) is 11.8. The second-order valence-electron chi connectivity index (χ2n) is 6.72. The lowest BCUT2D eigenvalue weighted by Crippen LogP contribution is -2.24. The van der Waals surface area contributed by atoms with Gasteiger partial charge in [-0.1, -0.05) is 36.4 Å². The van der Waals surface area contributed by atoms with Crippen LogP contribution in [-0.2, 0) is 16.0 Å². The van der Waals surface area contributed by atoms with Gasteiger partial charge in [-0.05, 0) is 44.0 Å². The Morgan fingerprint density at radius 3 is 2.50 bits per heavy atom. The molecule has 0 aliphatic rings. The summed E-state index contributed by atoms with van der Waals surface area (Å²) in [5.41, 5.74) is 3.02. The summed E-state index contributed by atoms with van der Waals surface area (Å²) in [6, 6.07) is 16.4. The number of carbonyl (C=O) groups excluding carboxylic acids is 1. The van der Waals surface area contributed by atoms with Crippen LogP contribution in [0.2, 0.25) is 0 Å². The lowest BCUT2D eigenvalue weighted by Gasteiger charge is -2.13. The number of amides is 1. The van der Waals surface area contributed by atoms with Crippen molar-refractivity contribution < 1.29 is 19.1 Å². The number of nitrogens with zero attached hydrogens (tertiary/aromatic N) is 1. The van der Waals surface area contributed by atoms with Crippen molar-refractivity contribution in [3.05, 3.63) is 71.6 Å². The van der Waals surface area contributed by atoms with Crippen LogP contribution in [0.15, 0.2) is 59.0 Å². The predicted octanol–water partition coefficient (Wildman–Crippen LogP) is 4.23. The van der Waals surface area contributed by atoms with E-state index in [0.717, 1.165) is 22.6 Å². The zero-order chi connectivity index (χ0) is 20.1. The van der Waals surface area contributed by atoms with Gasteiger partial charge in [0.05, 0.1) is 11.6 Å². The van der Waals surface area contributed by atoms with Crippen molar-refractivity contribution in [2.45, 2.75) is 26.7 Å². The Bertz CT molecular complexity index is 960. The van der Waals surface area contributed by atoms with Gasteiger partial charge in [0.15, 0.2) is 0 Å². The topological polar surface area (TPSA) is 92.4 Å². The Hall–Kier alpha value is -3.41. The van der Waals surface area contributed by atoms with Gasteiger partial charge in [0, 0.05) is 17.7 Å². The smallest absolute Gasteiger partial charge is 0.307 e. The summed E-state index contributed by atoms with van der Waals surface area (Å²) in [4.78, 5) is 28.3. The molecule has 0 saturated carbocycles. The minimum absolute atomic E-state index is 0.105. The number of anilines is 1. The van der Waals surface area contributed by atoms with Crippen molar-refractivity contribution in [1.82, 2.24) is 4.98 Å². The third-order valence-electron chi connectivity index (χ3n) is 4.53. The molecule has 2 N–H and O–H groups in total. The number of hydrogen-bond acceptors (Lipinski definition) is 4. The fourth-order valence-corrected chi connectivity index (χ4v) is 2.91. The molecule has 0 saturated heterocycles. The van der Waals surface area contributed by atoms with Gasteiger partial charge in [0.2, 0.25) is 11.8 Å². The molecule has 0 spiro atoms. The van der Waals surface area contributed by atoms with Crippen molar-refractivity contribution in [2.24, 2.45) is 5.92 Å². The quantitative estimate of drug-likeness (QED) is 0.642. The van der Waals surface area contributed by atoms with Crippen LogP contribution < -0.4 is 5.32 Å². The van der Waals surface area contributed by atoms with E-state index in [1.54, 1.807) is 18.2 Å². The van der Waals surface area contributed by atoms with Crippen LogP contribution in [0.5, 0.6) is 0 Å². The van der Waals surface area contributed by atoms with Crippen LogP contribution >= 0.6 is 0 Å². The zero-order valence-electron chi connectivity index (χ0n) is 15.8. The van der Waals surface area contributed by atoms with Gasteiger partial charge in [-0.2, -0.15) is 0 Å². The average molecular weight is 378 g/mol. The molecule has 0 aliphatic heterocycles. The highest BCUT2D eigenvalue weighted by atomic mass is 16.4. The van der Waals surface area contributed by atoms with Crippen molar-refractivity contribution in [2.75, 3.05) is 5.32 Å². The number of carbonyl (C=O) groups is 2. The second-order valence-corrected chi connectivity index (χ2v) is 6.72. The van der Waals surface area contributed by atoms with E-state index in [4.69, 9.17) is 4.42 Å². The summed E-state index contributed by atoms with van der Waals surface area (Å²) in [6.45, 7) is 3.71. The lowest BCUT2D eigenvalue weighted by atomic mass is 9.96. The number of nitrogens with one attached hydrogen (secondary N) is 1. The highest BCUT2D eigenvalue weighted by Crippen LogP contribution is 2.24. The molecule has 3 aromatic rings. The standard InChI is InChI=1S/C22H22N2O4/c1-14-15(2)28-21(23-14)17-9-6-10-19(12-17)24-20(25)13-18(22(26)27)11-16-7-4-3-5-8-16/h3-10,12,18H,11,13H2,1-2H3,(H,24,25)(H,26,27). The third kappa shape index (κ3) is 4.85. The Labute approximate surface area is 163 Å². The monoisotopic (exact) mass is 378 g/mol. The molecule has 0 aliphatic carbocycles. The molecule has 1 atom stereocenters. The van der Waals surface area contributed by atoms with E-state index in [1.165, 1.54) is 0 Å². The number of aromatic nitrogens is 1. The largest absolute Gasteiger partial charge is 0.481 e. The van der Waals surface area contributed by atoms with Crippen LogP contribution in [0.3, 0.4) is 0 Å². The summed E-state index contributed by atoms with van der Waals surface area (Å²) in [5.74, 6) is -0.894. The predicted molar refractivity (Wildman–Crippen MR) is 106 cm³/mol. The number of carboxylic acid groups (broad SMARTS) is 1. The molecule has 1 aromatic heterocycles. The zero-order valence-corrected chi connectivity index (χ0v) is 15.8. The molecular weight excluding hydrogens is 356 g/mol. The fourth-order valence-electron chi connectivity index (χ4n) is 2.91. The van der Waals surface area contributed by atoms with Crippen molar-refractivity contribution >= 4 is 17.6 Å². The van der Waals surface area contributed by atoms with E-state index in [-0.39, 0.29) is 12.3 Å². The Balaban J connectivity index is 1.68. The molecule has 1 amide bonds. The number of benzene rings is 2. The number of rotatable bonds is 7. The molecule has 28 heavy (non-hydrogen) atoms. The molecule has 6 nitrogen and oxygen atoms in total. The molecule has 1 heterocycles. The summed E-state index contributed by atoms with van der Waals surface area (Å²) >= 11 is 0. The Kier molecular flexibility index (Phi) is 5.89. The van der Waals surface area contributed by atoms with Crippen molar-refractivity contribution in [3.63, 3.8) is 0 Å². The Morgan fingerprint density at radius 1 is 1.11 bits per heavy atom. The SMILES string of the molecule is Cc1nc(-c2cccc(NC(=O)CC(Cc3ccccc3)C(=O)O)c2)oc1C. The maximum Gasteiger partial charge on any atom is 0.307 e. The third-order valence-corrected chi connectivity index (χ3v) is 4.53. The maximum absolute atomic E-state index is 12.4. The van der Waals surface area contributed by atoms with Crippen molar-refractivity contribution in [1.29, 1.82) is 0 Å². The molecule has 6 heteroatoms. The van der Waals surface area contributed by atoms with Gasteiger partial charge in [-0.25, -0.2) is 4.98 Å². The minimum Gasteiger partial charge on any atom is -0.481 e. The molecule has 0 bridgehead atoms. The number of hydrogen-bond donors (Lipinski definition) is 2. The number of aliphatic carboxylic acids is 1. The van der Waals surface area contributed by atoms with Gasteiger partial charge in [-0.3, -0.25) is 9.59 Å². The minimum atomic E-state index is -0.988. The van der Waals surface area contributed by atoms with Gasteiger partial charge >= 0.3 is 5.97 Å². The number of oxazole rings is 1. The van der Waals surface area contributed by atoms with Crippen LogP contribution in [-0.4, -0.2) is 22.0 Å². The molecule has 0 fully saturated rings. The first-order chi connectivity index (χ1) is 13.4. The molecular formula is C22H22N2O4. The summed E-state index contributed by atoms with van der Waals surface area (Å²) in [7, 11) is 0. The van der Waals surface area contributed by atoms with E-state index in [0.29, 0.717) is 18.0 Å². The molecule has 2 aromatic carbocycles. The first-order valence-electron chi connectivity index (χ1n) is 9.03. The average Bonchev–Trinajstić information content (AvgIpc) is 3.01. The van der Waals surface area contributed by atoms with Gasteiger partial charge in [0.1, 0.15) is 5.76 Å². The number of aryl methyl sites for hydroxylation is 2. The van der Waals surface area contributed by atoms with Crippen LogP contribution in [0.4, 0.5) is 5.69 Å². The second kappa shape index (κ2) is 8.52. The Morgan fingerprint density at radius 2 is 1.86 bits per heavy atom. The highest BCUT2D eigenvalue weighted by Gasteiger charge is 2.22. The summed E-state index contributed by atoms with van der Waals surface area (Å²) in [5, 5.41) is 12.2. The van der Waals surface area contributed by atoms with Gasteiger partial charge in [0.25, 0.3) is 0 Å². The molecule has 144 valence electrons. The van der Waals surface area contributed by atoms with E-state index in [2.05, 4.69) is 10.3 Å². The highest BCUT2D eigenvalue weighted by molar-refractivity contribution is 5.93. The van der Waals surface area contributed by atoms with E-state index >= 15 is 0 Å². The van der Waals surface area contributed by atoms with E-state index < -0.39 is 11.9 Å².